The highest BCUT2D eigenvalue weighted by Crippen LogP contribution is 2.39. The number of benzene rings is 2. The lowest BCUT2D eigenvalue weighted by atomic mass is 9.90. The summed E-state index contributed by atoms with van der Waals surface area (Å²) >= 11 is 0. The standard InChI is InChI=1S/C22H25NO4/c1-14-8-15(2)10-18(9-14)21(23-7-3-4-17(12-23)22(24)25)16-5-6-19-20(11-16)27-13-26-19/h5-6,8-11,17,21H,3-4,7,12-13H2,1-2H3,(H,24,25). The largest absolute Gasteiger partial charge is 0.481 e. The lowest BCUT2D eigenvalue weighted by Crippen LogP contribution is -2.41. The number of ether oxygens (including phenoxy) is 2. The van der Waals surface area contributed by atoms with Gasteiger partial charge in [0.15, 0.2) is 11.5 Å². The number of carbonyl (C=O) groups is 1. The number of aliphatic carboxylic acids is 1. The maximum atomic E-state index is 11.6. The molecule has 2 heterocycles. The van der Waals surface area contributed by atoms with Gasteiger partial charge in [-0.1, -0.05) is 35.4 Å². The van der Waals surface area contributed by atoms with Crippen molar-refractivity contribution in [2.45, 2.75) is 32.7 Å². The van der Waals surface area contributed by atoms with E-state index in [9.17, 15) is 9.90 Å². The Morgan fingerprint density at radius 1 is 1.07 bits per heavy atom. The minimum atomic E-state index is -0.704. The molecule has 2 aliphatic rings. The van der Waals surface area contributed by atoms with Gasteiger partial charge in [-0.05, 0) is 56.5 Å². The first-order valence-corrected chi connectivity index (χ1v) is 9.46. The number of rotatable bonds is 4. The van der Waals surface area contributed by atoms with E-state index in [0.29, 0.717) is 6.54 Å². The molecule has 5 nitrogen and oxygen atoms in total. The van der Waals surface area contributed by atoms with E-state index in [4.69, 9.17) is 9.47 Å². The fourth-order valence-corrected chi connectivity index (χ4v) is 4.31. The van der Waals surface area contributed by atoms with Crippen LogP contribution in [-0.4, -0.2) is 35.9 Å². The summed E-state index contributed by atoms with van der Waals surface area (Å²) in [4.78, 5) is 13.9. The van der Waals surface area contributed by atoms with Gasteiger partial charge < -0.3 is 14.6 Å². The van der Waals surface area contributed by atoms with Gasteiger partial charge in [-0.2, -0.15) is 0 Å². The monoisotopic (exact) mass is 367 g/mol. The molecule has 1 N–H and O–H groups in total. The summed E-state index contributed by atoms with van der Waals surface area (Å²) in [6, 6.07) is 12.6. The molecule has 4 rings (SSSR count). The molecule has 0 amide bonds. The third-order valence-corrected chi connectivity index (χ3v) is 5.44. The Morgan fingerprint density at radius 2 is 1.81 bits per heavy atom. The average Bonchev–Trinajstić information content (AvgIpc) is 3.09. The summed E-state index contributed by atoms with van der Waals surface area (Å²) in [6.45, 7) is 5.89. The Kier molecular flexibility index (Phi) is 4.79. The summed E-state index contributed by atoms with van der Waals surface area (Å²) in [5.41, 5.74) is 4.72. The first-order valence-electron chi connectivity index (χ1n) is 9.46. The molecule has 142 valence electrons. The van der Waals surface area contributed by atoms with Gasteiger partial charge in [-0.15, -0.1) is 0 Å². The number of nitrogens with zero attached hydrogens (tertiary/aromatic N) is 1. The summed E-state index contributed by atoms with van der Waals surface area (Å²) in [5, 5.41) is 9.53. The molecular weight excluding hydrogens is 342 g/mol. The molecule has 0 aromatic heterocycles. The molecule has 27 heavy (non-hydrogen) atoms. The maximum absolute atomic E-state index is 11.6. The van der Waals surface area contributed by atoms with Gasteiger partial charge in [0.1, 0.15) is 0 Å². The van der Waals surface area contributed by atoms with Crippen LogP contribution in [0.5, 0.6) is 11.5 Å². The second kappa shape index (κ2) is 7.24. The van der Waals surface area contributed by atoms with Crippen molar-refractivity contribution < 1.29 is 19.4 Å². The molecule has 1 fully saturated rings. The fourth-order valence-electron chi connectivity index (χ4n) is 4.31. The van der Waals surface area contributed by atoms with E-state index in [1.165, 1.54) is 16.7 Å². The van der Waals surface area contributed by atoms with Crippen LogP contribution in [0.3, 0.4) is 0 Å². The normalized spacial score (nSPS) is 20.4. The van der Waals surface area contributed by atoms with Crippen LogP contribution in [0.1, 0.15) is 41.1 Å². The Morgan fingerprint density at radius 3 is 2.56 bits per heavy atom. The molecule has 1 saturated heterocycles. The number of likely N-dealkylation sites (tertiary alicyclic amines) is 1. The van der Waals surface area contributed by atoms with Crippen molar-refractivity contribution in [3.63, 3.8) is 0 Å². The van der Waals surface area contributed by atoms with Gasteiger partial charge in [0.25, 0.3) is 0 Å². The average molecular weight is 367 g/mol. The predicted molar refractivity (Wildman–Crippen MR) is 102 cm³/mol. The van der Waals surface area contributed by atoms with Crippen LogP contribution in [0.4, 0.5) is 0 Å². The third-order valence-electron chi connectivity index (χ3n) is 5.44. The minimum Gasteiger partial charge on any atom is -0.481 e. The van der Waals surface area contributed by atoms with Crippen LogP contribution in [-0.2, 0) is 4.79 Å². The number of hydrogen-bond donors (Lipinski definition) is 1. The first kappa shape index (κ1) is 17.9. The molecule has 5 heteroatoms. The second-order valence-corrected chi connectivity index (χ2v) is 7.61. The second-order valence-electron chi connectivity index (χ2n) is 7.61. The van der Waals surface area contributed by atoms with Crippen molar-refractivity contribution in [3.05, 3.63) is 58.7 Å². The Balaban J connectivity index is 1.76. The van der Waals surface area contributed by atoms with Crippen molar-refractivity contribution >= 4 is 5.97 Å². The maximum Gasteiger partial charge on any atom is 0.307 e. The number of hydrogen-bond acceptors (Lipinski definition) is 4. The van der Waals surface area contributed by atoms with Crippen molar-refractivity contribution in [1.82, 2.24) is 4.90 Å². The summed E-state index contributed by atoms with van der Waals surface area (Å²) in [6.07, 6.45) is 1.63. The Bertz CT molecular complexity index is 843. The molecular formula is C22H25NO4. The van der Waals surface area contributed by atoms with Gasteiger partial charge in [-0.25, -0.2) is 0 Å². The molecule has 0 aliphatic carbocycles. The highest BCUT2D eigenvalue weighted by molar-refractivity contribution is 5.70. The van der Waals surface area contributed by atoms with E-state index in [1.54, 1.807) is 0 Å². The van der Waals surface area contributed by atoms with E-state index >= 15 is 0 Å². The summed E-state index contributed by atoms with van der Waals surface area (Å²) < 4.78 is 11.0. The summed E-state index contributed by atoms with van der Waals surface area (Å²) in [7, 11) is 0. The number of carboxylic acid groups (broad SMARTS) is 1. The van der Waals surface area contributed by atoms with Gasteiger partial charge in [0, 0.05) is 6.54 Å². The van der Waals surface area contributed by atoms with Crippen LogP contribution in [0.25, 0.3) is 0 Å². The zero-order chi connectivity index (χ0) is 19.0. The van der Waals surface area contributed by atoms with E-state index < -0.39 is 5.97 Å². The summed E-state index contributed by atoms with van der Waals surface area (Å²) in [5.74, 6) is 0.499. The number of piperidine rings is 1. The Labute approximate surface area is 159 Å². The molecule has 2 aromatic rings. The minimum absolute atomic E-state index is 0.000231. The van der Waals surface area contributed by atoms with Crippen molar-refractivity contribution in [3.8, 4) is 11.5 Å². The van der Waals surface area contributed by atoms with Crippen LogP contribution in [0, 0.1) is 19.8 Å². The SMILES string of the molecule is Cc1cc(C)cc(C(c2ccc3c(c2)OCO3)N2CCCC(C(=O)O)C2)c1. The zero-order valence-corrected chi connectivity index (χ0v) is 15.8. The highest BCUT2D eigenvalue weighted by atomic mass is 16.7. The molecule has 0 radical (unpaired) electrons. The van der Waals surface area contributed by atoms with Crippen LogP contribution >= 0.6 is 0 Å². The van der Waals surface area contributed by atoms with Crippen molar-refractivity contribution in [2.75, 3.05) is 19.9 Å². The molecule has 0 saturated carbocycles. The molecule has 0 bridgehead atoms. The van der Waals surface area contributed by atoms with Gasteiger partial charge in [0.05, 0.1) is 12.0 Å². The number of aryl methyl sites for hydroxylation is 2. The van der Waals surface area contributed by atoms with Gasteiger partial charge in [0.2, 0.25) is 6.79 Å². The zero-order valence-electron chi connectivity index (χ0n) is 15.8. The predicted octanol–water partition coefficient (Wildman–Crippen LogP) is 3.92. The number of fused-ring (bicyclic) bond motifs is 1. The fraction of sp³-hybridized carbons (Fsp3) is 0.409. The van der Waals surface area contributed by atoms with Gasteiger partial charge in [-0.3, -0.25) is 9.69 Å². The molecule has 2 atom stereocenters. The molecule has 2 aromatic carbocycles. The first-order chi connectivity index (χ1) is 13.0. The smallest absolute Gasteiger partial charge is 0.307 e. The quantitative estimate of drug-likeness (QED) is 0.888. The van der Waals surface area contributed by atoms with E-state index in [2.05, 4.69) is 43.0 Å². The Hall–Kier alpha value is -2.53. The molecule has 2 unspecified atom stereocenters. The van der Waals surface area contributed by atoms with Crippen molar-refractivity contribution in [2.24, 2.45) is 5.92 Å². The van der Waals surface area contributed by atoms with Crippen LogP contribution in [0.2, 0.25) is 0 Å². The van der Waals surface area contributed by atoms with Crippen LogP contribution in [0.15, 0.2) is 36.4 Å². The van der Waals surface area contributed by atoms with Gasteiger partial charge >= 0.3 is 5.97 Å². The van der Waals surface area contributed by atoms with Crippen molar-refractivity contribution in [1.29, 1.82) is 0 Å². The topological polar surface area (TPSA) is 59.0 Å². The van der Waals surface area contributed by atoms with E-state index in [1.807, 2.05) is 12.1 Å². The highest BCUT2D eigenvalue weighted by Gasteiger charge is 2.32. The lowest BCUT2D eigenvalue weighted by molar-refractivity contribution is -0.143. The van der Waals surface area contributed by atoms with Crippen LogP contribution < -0.4 is 9.47 Å². The molecule has 2 aliphatic heterocycles. The third kappa shape index (κ3) is 3.65. The number of carboxylic acids is 1. The van der Waals surface area contributed by atoms with E-state index in [0.717, 1.165) is 36.4 Å². The molecule has 0 spiro atoms. The lowest BCUT2D eigenvalue weighted by Gasteiger charge is -2.38. The van der Waals surface area contributed by atoms with E-state index in [-0.39, 0.29) is 18.8 Å².